The predicted octanol–water partition coefficient (Wildman–Crippen LogP) is 2.50. The molecule has 0 aliphatic carbocycles. The lowest BCUT2D eigenvalue weighted by Crippen LogP contribution is -2.39. The van der Waals surface area contributed by atoms with Crippen LogP contribution in [0.2, 0.25) is 0 Å². The Kier molecular flexibility index (Phi) is 5.59. The van der Waals surface area contributed by atoms with Gasteiger partial charge in [-0.05, 0) is 64.5 Å². The van der Waals surface area contributed by atoms with E-state index in [1.165, 1.54) is 5.56 Å². The van der Waals surface area contributed by atoms with Crippen LogP contribution in [0.4, 0.5) is 10.5 Å². The molecule has 1 heterocycles. The van der Waals surface area contributed by atoms with E-state index in [2.05, 4.69) is 4.90 Å². The first kappa shape index (κ1) is 18.4. The third-order valence-electron chi connectivity index (χ3n) is 3.79. The van der Waals surface area contributed by atoms with Crippen LogP contribution in [0.3, 0.4) is 0 Å². The highest BCUT2D eigenvalue weighted by molar-refractivity contribution is 5.69. The van der Waals surface area contributed by atoms with Crippen LogP contribution >= 0.6 is 0 Å². The Morgan fingerprint density at radius 1 is 1.29 bits per heavy atom. The number of fused-ring (bicyclic) bond motifs is 1. The summed E-state index contributed by atoms with van der Waals surface area (Å²) < 4.78 is 11.2. The third kappa shape index (κ3) is 5.03. The number of carbonyl (C=O) groups is 1. The highest BCUT2D eigenvalue weighted by Gasteiger charge is 2.26. The number of hydrogen-bond acceptors (Lipinski definition) is 5. The Bertz CT molecular complexity index is 594. The lowest BCUT2D eigenvalue weighted by molar-refractivity contribution is 0.0224. The maximum Gasteiger partial charge on any atom is 0.410 e. The zero-order valence-electron chi connectivity index (χ0n) is 15.4. The molecule has 1 aliphatic heterocycles. The molecule has 1 aliphatic rings. The molecule has 1 aromatic carbocycles. The van der Waals surface area contributed by atoms with Crippen LogP contribution in [0, 0.1) is 0 Å². The minimum absolute atomic E-state index is 0.280. The zero-order chi connectivity index (χ0) is 17.9. The van der Waals surface area contributed by atoms with Gasteiger partial charge in [-0.2, -0.15) is 0 Å². The van der Waals surface area contributed by atoms with Gasteiger partial charge in [0.1, 0.15) is 18.0 Å². The first-order chi connectivity index (χ1) is 11.2. The van der Waals surface area contributed by atoms with Gasteiger partial charge in [-0.1, -0.05) is 0 Å². The Morgan fingerprint density at radius 3 is 2.62 bits per heavy atom. The fourth-order valence-electron chi connectivity index (χ4n) is 2.55. The number of nitrogens with two attached hydrogens (primary N) is 1. The molecule has 0 fully saturated rings. The van der Waals surface area contributed by atoms with E-state index < -0.39 is 5.60 Å². The van der Waals surface area contributed by atoms with Crippen LogP contribution in [-0.2, 0) is 17.7 Å². The zero-order valence-corrected chi connectivity index (χ0v) is 15.4. The topological polar surface area (TPSA) is 68.0 Å². The number of nitrogen functional groups attached to an aromatic ring is 1. The van der Waals surface area contributed by atoms with Crippen molar-refractivity contribution in [3.63, 3.8) is 0 Å². The standard InChI is InChI=1S/C18H29N3O3/c1-18(2,3)24-17(22)21-7-6-13-11-16(23-9-8-20(4)5)15(19)10-14(13)12-21/h10-11H,6-9,12,19H2,1-5H3. The van der Waals surface area contributed by atoms with E-state index in [9.17, 15) is 4.79 Å². The molecule has 0 spiro atoms. The van der Waals surface area contributed by atoms with Crippen LogP contribution in [-0.4, -0.2) is 55.3 Å². The van der Waals surface area contributed by atoms with Crippen molar-refractivity contribution in [2.24, 2.45) is 0 Å². The average molecular weight is 335 g/mol. The number of rotatable bonds is 4. The Labute approximate surface area is 144 Å². The summed E-state index contributed by atoms with van der Waals surface area (Å²) in [5.41, 5.74) is 8.48. The summed E-state index contributed by atoms with van der Waals surface area (Å²) in [5, 5.41) is 0. The molecule has 0 bridgehead atoms. The monoisotopic (exact) mass is 335 g/mol. The van der Waals surface area contributed by atoms with Crippen LogP contribution in [0.1, 0.15) is 31.9 Å². The number of nitrogens with zero attached hydrogens (tertiary/aromatic N) is 2. The van der Waals surface area contributed by atoms with E-state index in [4.69, 9.17) is 15.2 Å². The molecule has 1 amide bonds. The van der Waals surface area contributed by atoms with Crippen molar-refractivity contribution in [3.8, 4) is 5.75 Å². The summed E-state index contributed by atoms with van der Waals surface area (Å²) in [6, 6.07) is 3.92. The van der Waals surface area contributed by atoms with E-state index in [1.54, 1.807) is 4.90 Å². The first-order valence-electron chi connectivity index (χ1n) is 8.32. The number of anilines is 1. The lowest BCUT2D eigenvalue weighted by atomic mass is 9.99. The second-order valence-electron chi connectivity index (χ2n) is 7.46. The molecule has 24 heavy (non-hydrogen) atoms. The number of likely N-dealkylation sites (N-methyl/N-ethyl adjacent to an activating group) is 1. The van der Waals surface area contributed by atoms with Crippen molar-refractivity contribution < 1.29 is 14.3 Å². The largest absolute Gasteiger partial charge is 0.490 e. The second kappa shape index (κ2) is 7.30. The molecular formula is C18H29N3O3. The average Bonchev–Trinajstić information content (AvgIpc) is 2.45. The first-order valence-corrected chi connectivity index (χ1v) is 8.32. The summed E-state index contributed by atoms with van der Waals surface area (Å²) in [5.74, 6) is 0.723. The van der Waals surface area contributed by atoms with Gasteiger partial charge in [-0.3, -0.25) is 0 Å². The summed E-state index contributed by atoms with van der Waals surface area (Å²) in [6.45, 7) is 8.22. The Hall–Kier alpha value is -1.95. The molecule has 1 aromatic rings. The smallest absolute Gasteiger partial charge is 0.410 e. The summed E-state index contributed by atoms with van der Waals surface area (Å²) >= 11 is 0. The second-order valence-corrected chi connectivity index (χ2v) is 7.46. The Balaban J connectivity index is 2.05. The molecule has 0 atom stereocenters. The van der Waals surface area contributed by atoms with E-state index in [0.717, 1.165) is 24.3 Å². The molecule has 2 N–H and O–H groups in total. The predicted molar refractivity (Wildman–Crippen MR) is 95.3 cm³/mol. The number of benzene rings is 1. The number of carbonyl (C=O) groups excluding carboxylic acids is 1. The molecule has 134 valence electrons. The van der Waals surface area contributed by atoms with Crippen LogP contribution in [0.25, 0.3) is 0 Å². The van der Waals surface area contributed by atoms with Gasteiger partial charge in [0.15, 0.2) is 0 Å². The molecule has 2 rings (SSSR count). The quantitative estimate of drug-likeness (QED) is 0.856. The van der Waals surface area contributed by atoms with Crippen molar-refractivity contribution in [3.05, 3.63) is 23.3 Å². The fourth-order valence-corrected chi connectivity index (χ4v) is 2.55. The highest BCUT2D eigenvalue weighted by Crippen LogP contribution is 2.30. The van der Waals surface area contributed by atoms with Gasteiger partial charge in [-0.15, -0.1) is 0 Å². The van der Waals surface area contributed by atoms with Gasteiger partial charge >= 0.3 is 6.09 Å². The van der Waals surface area contributed by atoms with Crippen molar-refractivity contribution in [2.45, 2.75) is 39.3 Å². The molecular weight excluding hydrogens is 306 g/mol. The molecule has 6 nitrogen and oxygen atoms in total. The van der Waals surface area contributed by atoms with E-state index in [-0.39, 0.29) is 6.09 Å². The fraction of sp³-hybridized carbons (Fsp3) is 0.611. The maximum atomic E-state index is 12.2. The van der Waals surface area contributed by atoms with Crippen LogP contribution < -0.4 is 10.5 Å². The van der Waals surface area contributed by atoms with E-state index in [0.29, 0.717) is 25.4 Å². The van der Waals surface area contributed by atoms with Gasteiger partial charge < -0.3 is 25.0 Å². The van der Waals surface area contributed by atoms with Crippen molar-refractivity contribution in [1.29, 1.82) is 0 Å². The lowest BCUT2D eigenvalue weighted by Gasteiger charge is -2.31. The summed E-state index contributed by atoms with van der Waals surface area (Å²) in [7, 11) is 4.01. The van der Waals surface area contributed by atoms with Gasteiger partial charge in [-0.25, -0.2) is 4.79 Å². The summed E-state index contributed by atoms with van der Waals surface area (Å²) in [6.07, 6.45) is 0.497. The number of hydrogen-bond donors (Lipinski definition) is 1. The molecule has 0 unspecified atom stereocenters. The summed E-state index contributed by atoms with van der Waals surface area (Å²) in [4.78, 5) is 16.0. The highest BCUT2D eigenvalue weighted by atomic mass is 16.6. The third-order valence-corrected chi connectivity index (χ3v) is 3.79. The molecule has 6 heteroatoms. The van der Waals surface area contributed by atoms with Gasteiger partial charge in [0.05, 0.1) is 5.69 Å². The van der Waals surface area contributed by atoms with Crippen LogP contribution in [0.5, 0.6) is 5.75 Å². The molecule has 0 aromatic heterocycles. The van der Waals surface area contributed by atoms with Gasteiger partial charge in [0, 0.05) is 19.6 Å². The van der Waals surface area contributed by atoms with Gasteiger partial charge in [0.25, 0.3) is 0 Å². The number of ether oxygens (including phenoxy) is 2. The minimum Gasteiger partial charge on any atom is -0.490 e. The minimum atomic E-state index is -0.486. The molecule has 0 saturated heterocycles. The van der Waals surface area contributed by atoms with Crippen molar-refractivity contribution >= 4 is 11.8 Å². The van der Waals surface area contributed by atoms with Gasteiger partial charge in [0.2, 0.25) is 0 Å². The van der Waals surface area contributed by atoms with Crippen molar-refractivity contribution in [2.75, 3.05) is 39.5 Å². The van der Waals surface area contributed by atoms with Crippen LogP contribution in [0.15, 0.2) is 12.1 Å². The van der Waals surface area contributed by atoms with Crippen molar-refractivity contribution in [1.82, 2.24) is 9.80 Å². The Morgan fingerprint density at radius 2 is 2.00 bits per heavy atom. The SMILES string of the molecule is CN(C)CCOc1cc2c(cc1N)CN(C(=O)OC(C)(C)C)CC2. The van der Waals surface area contributed by atoms with E-state index in [1.807, 2.05) is 47.0 Å². The molecule has 0 radical (unpaired) electrons. The van der Waals surface area contributed by atoms with E-state index >= 15 is 0 Å². The maximum absolute atomic E-state index is 12.2. The molecule has 0 saturated carbocycles. The normalized spacial score (nSPS) is 14.5. The number of amides is 1.